The van der Waals surface area contributed by atoms with Gasteiger partial charge in [-0.1, -0.05) is 18.6 Å². The molecule has 112 valence electrons. The molecule has 1 nitrogen and oxygen atoms in total. The summed E-state index contributed by atoms with van der Waals surface area (Å²) in [7, 11) is 0. The maximum atomic E-state index is 13.6. The SMILES string of the molecule is C[C@]12CCC3C(CC=C4C[C@@H](F)CC[C@@H]43)C1CC[C@@H]2O. The van der Waals surface area contributed by atoms with Gasteiger partial charge in [-0.3, -0.25) is 0 Å². The van der Waals surface area contributed by atoms with Crippen LogP contribution in [0.1, 0.15) is 58.3 Å². The van der Waals surface area contributed by atoms with Crippen molar-refractivity contribution >= 4 is 0 Å². The number of aliphatic hydroxyl groups is 1. The first kappa shape index (κ1) is 13.3. The third kappa shape index (κ3) is 1.76. The van der Waals surface area contributed by atoms with E-state index in [0.717, 1.165) is 37.5 Å². The molecule has 0 saturated heterocycles. The molecule has 4 aliphatic rings. The van der Waals surface area contributed by atoms with Gasteiger partial charge in [0.2, 0.25) is 0 Å². The van der Waals surface area contributed by atoms with Crippen molar-refractivity contribution in [2.45, 2.75) is 70.6 Å². The van der Waals surface area contributed by atoms with Crippen molar-refractivity contribution in [1.29, 1.82) is 0 Å². The maximum Gasteiger partial charge on any atom is 0.104 e. The second-order valence-electron chi connectivity index (χ2n) is 8.07. The zero-order valence-electron chi connectivity index (χ0n) is 12.5. The van der Waals surface area contributed by atoms with Gasteiger partial charge in [0.05, 0.1) is 6.10 Å². The lowest BCUT2D eigenvalue weighted by atomic mass is 9.53. The molecule has 0 aromatic rings. The fraction of sp³-hybridized carbons (Fsp3) is 0.889. The van der Waals surface area contributed by atoms with Gasteiger partial charge in [-0.15, -0.1) is 0 Å². The molecule has 0 aromatic heterocycles. The summed E-state index contributed by atoms with van der Waals surface area (Å²) in [6.45, 7) is 2.32. The molecule has 7 atom stereocenters. The Morgan fingerprint density at radius 1 is 1.15 bits per heavy atom. The Kier molecular flexibility index (Phi) is 3.03. The van der Waals surface area contributed by atoms with E-state index >= 15 is 0 Å². The minimum atomic E-state index is -0.587. The Morgan fingerprint density at radius 3 is 2.85 bits per heavy atom. The highest BCUT2D eigenvalue weighted by Gasteiger charge is 2.55. The largest absolute Gasteiger partial charge is 0.393 e. The van der Waals surface area contributed by atoms with Crippen LogP contribution in [0, 0.1) is 29.1 Å². The topological polar surface area (TPSA) is 20.2 Å². The van der Waals surface area contributed by atoms with Crippen molar-refractivity contribution in [2.24, 2.45) is 29.1 Å². The summed E-state index contributed by atoms with van der Waals surface area (Å²) in [5.41, 5.74) is 1.61. The van der Waals surface area contributed by atoms with Gasteiger partial charge < -0.3 is 5.11 Å². The molecule has 3 saturated carbocycles. The molecule has 1 N–H and O–H groups in total. The zero-order valence-corrected chi connectivity index (χ0v) is 12.5. The lowest BCUT2D eigenvalue weighted by molar-refractivity contribution is -0.0484. The summed E-state index contributed by atoms with van der Waals surface area (Å²) in [6, 6.07) is 0. The highest BCUT2D eigenvalue weighted by Crippen LogP contribution is 2.61. The number of fused-ring (bicyclic) bond motifs is 5. The molecule has 3 fully saturated rings. The normalized spacial score (nSPS) is 54.6. The standard InChI is InChI=1S/C18H27FO/c1-18-9-8-14-13-5-3-12(19)10-11(13)2-4-15(14)16(18)6-7-17(18)20/h2,12-17,20H,3-10H2,1H3/t12-,13-,14?,15?,16?,17-,18-/m0/s1. The number of rotatable bonds is 0. The van der Waals surface area contributed by atoms with Gasteiger partial charge in [-0.05, 0) is 80.5 Å². The second kappa shape index (κ2) is 4.56. The number of hydrogen-bond acceptors (Lipinski definition) is 1. The lowest BCUT2D eigenvalue weighted by Crippen LogP contribution is -2.47. The minimum absolute atomic E-state index is 0.0830. The van der Waals surface area contributed by atoms with E-state index in [-0.39, 0.29) is 11.5 Å². The molecule has 0 aliphatic heterocycles. The first-order valence-corrected chi connectivity index (χ1v) is 8.60. The van der Waals surface area contributed by atoms with Crippen LogP contribution in [0.4, 0.5) is 4.39 Å². The third-order valence-electron chi connectivity index (χ3n) is 7.34. The van der Waals surface area contributed by atoms with Gasteiger partial charge in [-0.25, -0.2) is 4.39 Å². The predicted octanol–water partition coefficient (Wildman–Crippen LogP) is 4.26. The quantitative estimate of drug-likeness (QED) is 0.656. The summed E-state index contributed by atoms with van der Waals surface area (Å²) in [6.07, 6.45) is 10.1. The van der Waals surface area contributed by atoms with Crippen LogP contribution in [0.2, 0.25) is 0 Å². The van der Waals surface area contributed by atoms with Crippen LogP contribution < -0.4 is 0 Å². The average Bonchev–Trinajstić information content (AvgIpc) is 2.74. The smallest absolute Gasteiger partial charge is 0.104 e. The zero-order chi connectivity index (χ0) is 13.9. The second-order valence-corrected chi connectivity index (χ2v) is 8.07. The van der Waals surface area contributed by atoms with Crippen molar-refractivity contribution < 1.29 is 9.50 Å². The minimum Gasteiger partial charge on any atom is -0.393 e. The fourth-order valence-electron chi connectivity index (χ4n) is 6.19. The number of alkyl halides is 1. The lowest BCUT2D eigenvalue weighted by Gasteiger charge is -2.53. The van der Waals surface area contributed by atoms with E-state index < -0.39 is 6.17 Å². The van der Waals surface area contributed by atoms with E-state index in [1.54, 1.807) is 0 Å². The van der Waals surface area contributed by atoms with Crippen LogP contribution in [0.5, 0.6) is 0 Å². The summed E-state index contributed by atoms with van der Waals surface area (Å²) in [5.74, 6) is 2.92. The highest BCUT2D eigenvalue weighted by molar-refractivity contribution is 5.20. The van der Waals surface area contributed by atoms with E-state index in [0.29, 0.717) is 18.3 Å². The van der Waals surface area contributed by atoms with Crippen molar-refractivity contribution in [3.8, 4) is 0 Å². The molecule has 0 radical (unpaired) electrons. The van der Waals surface area contributed by atoms with Crippen LogP contribution in [0.25, 0.3) is 0 Å². The van der Waals surface area contributed by atoms with Crippen molar-refractivity contribution in [1.82, 2.24) is 0 Å². The van der Waals surface area contributed by atoms with Crippen LogP contribution in [0.3, 0.4) is 0 Å². The highest BCUT2D eigenvalue weighted by atomic mass is 19.1. The monoisotopic (exact) mass is 278 g/mol. The molecule has 2 heteroatoms. The Labute approximate surface area is 121 Å². The molecule has 0 aromatic carbocycles. The summed E-state index contributed by atoms with van der Waals surface area (Å²) in [5, 5.41) is 10.4. The predicted molar refractivity (Wildman–Crippen MR) is 78.0 cm³/mol. The Balaban J connectivity index is 1.62. The maximum absolute atomic E-state index is 13.6. The van der Waals surface area contributed by atoms with Gasteiger partial charge in [0.15, 0.2) is 0 Å². The first-order valence-electron chi connectivity index (χ1n) is 8.60. The van der Waals surface area contributed by atoms with Crippen LogP contribution in [0.15, 0.2) is 11.6 Å². The van der Waals surface area contributed by atoms with E-state index in [1.807, 2.05) is 0 Å². The van der Waals surface area contributed by atoms with E-state index in [1.165, 1.54) is 24.8 Å². The fourth-order valence-corrected chi connectivity index (χ4v) is 6.19. The third-order valence-corrected chi connectivity index (χ3v) is 7.34. The molecule has 20 heavy (non-hydrogen) atoms. The van der Waals surface area contributed by atoms with Crippen LogP contribution >= 0.6 is 0 Å². The molecular weight excluding hydrogens is 251 g/mol. The Bertz CT molecular complexity index is 431. The van der Waals surface area contributed by atoms with Gasteiger partial charge in [0, 0.05) is 0 Å². The average molecular weight is 278 g/mol. The molecule has 0 amide bonds. The van der Waals surface area contributed by atoms with Crippen molar-refractivity contribution in [3.63, 3.8) is 0 Å². The van der Waals surface area contributed by atoms with Gasteiger partial charge >= 0.3 is 0 Å². The van der Waals surface area contributed by atoms with Crippen LogP contribution in [-0.4, -0.2) is 17.4 Å². The van der Waals surface area contributed by atoms with Crippen LogP contribution in [-0.2, 0) is 0 Å². The number of allylic oxidation sites excluding steroid dienone is 2. The summed E-state index contributed by atoms with van der Waals surface area (Å²) in [4.78, 5) is 0. The molecule has 4 rings (SSSR count). The number of aliphatic hydroxyl groups excluding tert-OH is 1. The summed E-state index contributed by atoms with van der Waals surface area (Å²) < 4.78 is 13.6. The summed E-state index contributed by atoms with van der Waals surface area (Å²) >= 11 is 0. The van der Waals surface area contributed by atoms with Gasteiger partial charge in [-0.2, -0.15) is 0 Å². The molecule has 0 spiro atoms. The molecule has 0 bridgehead atoms. The van der Waals surface area contributed by atoms with Gasteiger partial charge in [0.25, 0.3) is 0 Å². The molecule has 3 unspecified atom stereocenters. The number of halogens is 1. The molecule has 0 heterocycles. The Hall–Kier alpha value is -0.370. The molecular formula is C18H27FO. The molecule has 4 aliphatic carbocycles. The number of hydrogen-bond donors (Lipinski definition) is 1. The van der Waals surface area contributed by atoms with Crippen molar-refractivity contribution in [3.05, 3.63) is 11.6 Å². The van der Waals surface area contributed by atoms with Crippen molar-refractivity contribution in [2.75, 3.05) is 0 Å². The Morgan fingerprint density at radius 2 is 2.00 bits per heavy atom. The van der Waals surface area contributed by atoms with Gasteiger partial charge in [0.1, 0.15) is 6.17 Å². The van der Waals surface area contributed by atoms with E-state index in [4.69, 9.17) is 0 Å². The first-order chi connectivity index (χ1) is 9.59. The van der Waals surface area contributed by atoms with E-state index in [9.17, 15) is 9.50 Å². The van der Waals surface area contributed by atoms with E-state index in [2.05, 4.69) is 13.0 Å².